The minimum Gasteiger partial charge on any atom is -0.384 e. The topological polar surface area (TPSA) is 85.8 Å². The number of hydrogen-bond donors (Lipinski definition) is 4. The van der Waals surface area contributed by atoms with E-state index in [1.165, 1.54) is 11.3 Å². The van der Waals surface area contributed by atoms with E-state index in [9.17, 15) is 23.1 Å². The van der Waals surface area contributed by atoms with Gasteiger partial charge in [0.2, 0.25) is 5.91 Å². The highest BCUT2D eigenvalue weighted by atomic mass is 127. The van der Waals surface area contributed by atoms with E-state index in [2.05, 4.69) is 20.9 Å². The highest BCUT2D eigenvalue weighted by molar-refractivity contribution is 14.0. The van der Waals surface area contributed by atoms with Crippen molar-refractivity contribution in [2.45, 2.75) is 19.4 Å². The lowest BCUT2D eigenvalue weighted by molar-refractivity contribution is -0.114. The molecule has 0 aliphatic rings. The number of rotatable bonds is 7. The van der Waals surface area contributed by atoms with Gasteiger partial charge in [-0.05, 0) is 48.4 Å². The van der Waals surface area contributed by atoms with Crippen molar-refractivity contribution in [2.24, 2.45) is 4.99 Å². The molecule has 2 aromatic rings. The molecule has 1 unspecified atom stereocenters. The molecule has 0 aliphatic heterocycles. The maximum absolute atomic E-state index is 13.6. The summed E-state index contributed by atoms with van der Waals surface area (Å²) in [5.41, 5.74) is -0.877. The van der Waals surface area contributed by atoms with Crippen LogP contribution in [0, 0.1) is 17.5 Å². The molecule has 1 amide bonds. The van der Waals surface area contributed by atoms with E-state index in [0.29, 0.717) is 6.54 Å². The fraction of sp³-hybridized carbons (Fsp3) is 0.333. The van der Waals surface area contributed by atoms with E-state index in [1.807, 2.05) is 17.7 Å². The molecule has 1 aromatic carbocycles. The maximum atomic E-state index is 13.6. The van der Waals surface area contributed by atoms with Crippen LogP contribution in [0.4, 0.5) is 18.9 Å². The molecule has 4 N–H and O–H groups in total. The number of hydrogen-bond acceptors (Lipinski definition) is 4. The summed E-state index contributed by atoms with van der Waals surface area (Å²) in [4.78, 5) is 16.0. The number of benzene rings is 1. The molecule has 1 aromatic heterocycles. The summed E-state index contributed by atoms with van der Waals surface area (Å²) < 4.78 is 39.8. The van der Waals surface area contributed by atoms with Crippen LogP contribution in [-0.2, 0) is 10.4 Å². The van der Waals surface area contributed by atoms with Gasteiger partial charge in [0.1, 0.15) is 12.1 Å². The highest BCUT2D eigenvalue weighted by Crippen LogP contribution is 2.22. The third kappa shape index (κ3) is 7.16. The number of nitrogens with one attached hydrogen (secondary N) is 3. The SMILES string of the molecule is CCNC(=NCC(=O)Nc1ccc(F)c(F)c1F)NCC(C)(O)c1ccsc1.I. The lowest BCUT2D eigenvalue weighted by atomic mass is 9.99. The fourth-order valence-corrected chi connectivity index (χ4v) is 3.02. The zero-order chi connectivity index (χ0) is 20.7. The summed E-state index contributed by atoms with van der Waals surface area (Å²) in [5, 5.41) is 22.2. The molecule has 2 rings (SSSR count). The average Bonchev–Trinajstić information content (AvgIpc) is 3.20. The predicted octanol–water partition coefficient (Wildman–Crippen LogP) is 3.18. The summed E-state index contributed by atoms with van der Waals surface area (Å²) in [6.45, 7) is 3.71. The van der Waals surface area contributed by atoms with Gasteiger partial charge in [0.05, 0.1) is 12.2 Å². The van der Waals surface area contributed by atoms with E-state index in [-0.39, 0.29) is 36.5 Å². The van der Waals surface area contributed by atoms with Gasteiger partial charge in [0, 0.05) is 6.54 Å². The molecule has 0 aliphatic carbocycles. The van der Waals surface area contributed by atoms with Gasteiger partial charge in [0.25, 0.3) is 0 Å². The average molecular weight is 542 g/mol. The van der Waals surface area contributed by atoms with Gasteiger partial charge < -0.3 is 21.1 Å². The van der Waals surface area contributed by atoms with Crippen molar-refractivity contribution in [3.63, 3.8) is 0 Å². The van der Waals surface area contributed by atoms with Crippen LogP contribution in [-0.4, -0.2) is 36.6 Å². The van der Waals surface area contributed by atoms with E-state index >= 15 is 0 Å². The molecule has 0 saturated heterocycles. The molecule has 0 bridgehead atoms. The molecule has 0 spiro atoms. The third-order valence-corrected chi connectivity index (χ3v) is 4.46. The molecule has 1 heterocycles. The molecule has 0 fully saturated rings. The number of halogens is 4. The number of nitrogens with zero attached hydrogens (tertiary/aromatic N) is 1. The Bertz CT molecular complexity index is 848. The first-order valence-electron chi connectivity index (χ1n) is 8.45. The number of carbonyl (C=O) groups excluding carboxylic acids is 1. The molecule has 6 nitrogen and oxygen atoms in total. The van der Waals surface area contributed by atoms with Crippen molar-refractivity contribution in [3.05, 3.63) is 52.0 Å². The van der Waals surface area contributed by atoms with Gasteiger partial charge in [-0.1, -0.05) is 0 Å². The molecule has 29 heavy (non-hydrogen) atoms. The Balaban J connectivity index is 0.00000420. The second kappa shape index (κ2) is 11.4. The van der Waals surface area contributed by atoms with Gasteiger partial charge in [-0.2, -0.15) is 11.3 Å². The number of thiophene rings is 1. The highest BCUT2D eigenvalue weighted by Gasteiger charge is 2.23. The second-order valence-electron chi connectivity index (χ2n) is 6.11. The molecule has 11 heteroatoms. The van der Waals surface area contributed by atoms with Gasteiger partial charge in [-0.25, -0.2) is 18.2 Å². The Kier molecular flexibility index (Phi) is 9.86. The first-order chi connectivity index (χ1) is 13.2. The van der Waals surface area contributed by atoms with Crippen LogP contribution in [0.15, 0.2) is 34.0 Å². The van der Waals surface area contributed by atoms with E-state index < -0.39 is 41.2 Å². The Morgan fingerprint density at radius 1 is 1.21 bits per heavy atom. The van der Waals surface area contributed by atoms with Crippen molar-refractivity contribution in [1.29, 1.82) is 0 Å². The van der Waals surface area contributed by atoms with E-state index in [1.54, 1.807) is 13.0 Å². The summed E-state index contributed by atoms with van der Waals surface area (Å²) in [5.74, 6) is -4.93. The van der Waals surface area contributed by atoms with Crippen LogP contribution in [0.3, 0.4) is 0 Å². The van der Waals surface area contributed by atoms with Gasteiger partial charge in [0.15, 0.2) is 23.4 Å². The summed E-state index contributed by atoms with van der Waals surface area (Å²) in [6, 6.07) is 3.45. The third-order valence-electron chi connectivity index (χ3n) is 3.78. The minimum absolute atomic E-state index is 0. The number of anilines is 1. The minimum atomic E-state index is -1.66. The van der Waals surface area contributed by atoms with E-state index in [0.717, 1.165) is 17.7 Å². The number of guanidine groups is 1. The smallest absolute Gasteiger partial charge is 0.246 e. The lowest BCUT2D eigenvalue weighted by Gasteiger charge is -2.24. The van der Waals surface area contributed by atoms with Crippen molar-refractivity contribution in [2.75, 3.05) is 25.0 Å². The monoisotopic (exact) mass is 542 g/mol. The summed E-state index contributed by atoms with van der Waals surface area (Å²) in [7, 11) is 0. The van der Waals surface area contributed by atoms with Gasteiger partial charge in [-0.3, -0.25) is 4.79 Å². The van der Waals surface area contributed by atoms with E-state index in [4.69, 9.17) is 0 Å². The van der Waals surface area contributed by atoms with Crippen LogP contribution in [0.25, 0.3) is 0 Å². The standard InChI is InChI=1S/C18H21F3N4O2S.HI/c1-3-22-17(24-10-18(2,27)11-6-7-28-9-11)23-8-14(26)25-13-5-4-12(19)15(20)16(13)21;/h4-7,9,27H,3,8,10H2,1-2H3,(H,25,26)(H2,22,23,24);1H. The number of aliphatic hydroxyl groups is 1. The first-order valence-corrected chi connectivity index (χ1v) is 9.39. The van der Waals surface area contributed by atoms with Crippen molar-refractivity contribution in [3.8, 4) is 0 Å². The normalized spacial score (nSPS) is 13.2. The maximum Gasteiger partial charge on any atom is 0.246 e. The van der Waals surface area contributed by atoms with Crippen molar-refractivity contribution >= 4 is 52.9 Å². The summed E-state index contributed by atoms with van der Waals surface area (Å²) >= 11 is 1.46. The number of aliphatic imine (C=N–C) groups is 1. The number of amides is 1. The first kappa shape index (κ1) is 25.2. The Labute approximate surface area is 187 Å². The second-order valence-corrected chi connectivity index (χ2v) is 6.89. The van der Waals surface area contributed by atoms with Crippen LogP contribution in [0.1, 0.15) is 19.4 Å². The van der Waals surface area contributed by atoms with Crippen molar-refractivity contribution in [1.82, 2.24) is 10.6 Å². The van der Waals surface area contributed by atoms with Crippen LogP contribution in [0.5, 0.6) is 0 Å². The Morgan fingerprint density at radius 2 is 1.93 bits per heavy atom. The van der Waals surface area contributed by atoms with Gasteiger partial charge >= 0.3 is 0 Å². The molecule has 0 saturated carbocycles. The molecular weight excluding hydrogens is 520 g/mol. The number of carbonyl (C=O) groups is 1. The fourth-order valence-electron chi connectivity index (χ4n) is 2.23. The van der Waals surface area contributed by atoms with Crippen LogP contribution >= 0.6 is 35.3 Å². The van der Waals surface area contributed by atoms with Crippen LogP contribution < -0.4 is 16.0 Å². The Hall–Kier alpha value is -1.86. The predicted molar refractivity (Wildman–Crippen MR) is 118 cm³/mol. The quantitative estimate of drug-likeness (QED) is 0.188. The lowest BCUT2D eigenvalue weighted by Crippen LogP contribution is -2.44. The molecule has 0 radical (unpaired) electrons. The molecule has 1 atom stereocenters. The zero-order valence-corrected chi connectivity index (χ0v) is 18.9. The van der Waals surface area contributed by atoms with Crippen molar-refractivity contribution < 1.29 is 23.1 Å². The largest absolute Gasteiger partial charge is 0.384 e. The molecule has 160 valence electrons. The Morgan fingerprint density at radius 3 is 2.55 bits per heavy atom. The van der Waals surface area contributed by atoms with Gasteiger partial charge in [-0.15, -0.1) is 24.0 Å². The zero-order valence-electron chi connectivity index (χ0n) is 15.8. The summed E-state index contributed by atoms with van der Waals surface area (Å²) in [6.07, 6.45) is 0. The molecular formula is C18H22F3IN4O2S. The van der Waals surface area contributed by atoms with Crippen LogP contribution in [0.2, 0.25) is 0 Å².